The van der Waals surface area contributed by atoms with Gasteiger partial charge in [-0.25, -0.2) is 0 Å². The number of benzene rings is 1. The number of hydrogen-bond acceptors (Lipinski definition) is 4. The zero-order valence-corrected chi connectivity index (χ0v) is 11.8. The van der Waals surface area contributed by atoms with Crippen molar-refractivity contribution in [1.29, 1.82) is 0 Å². The molecule has 7 nitrogen and oxygen atoms in total. The molecule has 0 radical (unpaired) electrons. The van der Waals surface area contributed by atoms with Crippen molar-refractivity contribution in [2.75, 3.05) is 0 Å². The average molecular weight is 303 g/mol. The first-order valence-corrected chi connectivity index (χ1v) is 6.40. The van der Waals surface area contributed by atoms with Gasteiger partial charge in [-0.1, -0.05) is 30.3 Å². The van der Waals surface area contributed by atoms with Crippen LogP contribution in [0.3, 0.4) is 0 Å². The van der Waals surface area contributed by atoms with Gasteiger partial charge in [0.15, 0.2) is 5.75 Å². The number of nitrogens with one attached hydrogen (secondary N) is 1. The van der Waals surface area contributed by atoms with Gasteiger partial charge in [-0.15, -0.1) is 0 Å². The maximum absolute atomic E-state index is 11.3. The van der Waals surface area contributed by atoms with E-state index in [1.54, 1.807) is 18.3 Å². The lowest BCUT2D eigenvalue weighted by Crippen LogP contribution is -2.21. The summed E-state index contributed by atoms with van der Waals surface area (Å²) in [6.45, 7) is 0.411. The first kappa shape index (κ1) is 17.0. The van der Waals surface area contributed by atoms with Gasteiger partial charge in [0.1, 0.15) is 13.0 Å². The van der Waals surface area contributed by atoms with E-state index in [2.05, 4.69) is 16.5 Å². The molecule has 0 saturated carbocycles. The van der Waals surface area contributed by atoms with Crippen LogP contribution in [0.4, 0.5) is 0 Å². The molecule has 0 aliphatic carbocycles. The van der Waals surface area contributed by atoms with Crippen LogP contribution in [0.25, 0.3) is 0 Å². The normalized spacial score (nSPS) is 9.27. The van der Waals surface area contributed by atoms with Gasteiger partial charge in [-0.3, -0.25) is 14.4 Å². The molecule has 1 aromatic carbocycles. The highest BCUT2D eigenvalue weighted by Gasteiger charge is 1.98. The highest BCUT2D eigenvalue weighted by atomic mass is 16.5. The third kappa shape index (κ3) is 6.90. The van der Waals surface area contributed by atoms with E-state index in [0.717, 1.165) is 5.56 Å². The summed E-state index contributed by atoms with van der Waals surface area (Å²) in [5.41, 5.74) is 9.95. The summed E-state index contributed by atoms with van der Waals surface area (Å²) in [5, 5.41) is 0. The molecule has 7 heteroatoms. The van der Waals surface area contributed by atoms with Crippen molar-refractivity contribution in [1.82, 2.24) is 4.98 Å². The number of pyridine rings is 1. The maximum atomic E-state index is 11.3. The number of aromatic amines is 1. The van der Waals surface area contributed by atoms with E-state index in [0.29, 0.717) is 12.4 Å². The Bertz CT molecular complexity index is 656. The number of H-pyrrole nitrogens is 1. The highest BCUT2D eigenvalue weighted by Crippen LogP contribution is 2.05. The molecule has 116 valence electrons. The minimum atomic E-state index is -0.687. The highest BCUT2D eigenvalue weighted by molar-refractivity contribution is 5.95. The number of carbonyl (C=O) groups is 2. The second-order valence-corrected chi connectivity index (χ2v) is 4.25. The molecule has 0 saturated heterocycles. The minimum absolute atomic E-state index is 0.201. The minimum Gasteiger partial charge on any atom is -0.483 e. The molecule has 0 spiro atoms. The van der Waals surface area contributed by atoms with E-state index in [1.165, 1.54) is 0 Å². The number of amides is 2. The van der Waals surface area contributed by atoms with Crippen LogP contribution in [0.2, 0.25) is 0 Å². The van der Waals surface area contributed by atoms with Crippen LogP contribution in [0.1, 0.15) is 12.0 Å². The van der Waals surface area contributed by atoms with E-state index < -0.39 is 11.8 Å². The Morgan fingerprint density at radius 1 is 1.00 bits per heavy atom. The Labute approximate surface area is 126 Å². The molecule has 2 aromatic rings. The Morgan fingerprint density at radius 3 is 2.14 bits per heavy atom. The fourth-order valence-corrected chi connectivity index (χ4v) is 1.43. The summed E-state index contributed by atoms with van der Waals surface area (Å²) in [4.78, 5) is 33.3. The number of nitrogens with two attached hydrogens (primary N) is 2. The van der Waals surface area contributed by atoms with Crippen molar-refractivity contribution in [3.05, 3.63) is 64.6 Å². The van der Waals surface area contributed by atoms with Crippen molar-refractivity contribution >= 4 is 11.8 Å². The van der Waals surface area contributed by atoms with Crippen LogP contribution in [0, 0.1) is 0 Å². The van der Waals surface area contributed by atoms with Crippen molar-refractivity contribution < 1.29 is 14.3 Å². The van der Waals surface area contributed by atoms with Crippen molar-refractivity contribution in [2.45, 2.75) is 13.0 Å². The number of aromatic nitrogens is 1. The van der Waals surface area contributed by atoms with Gasteiger partial charge in [0.05, 0.1) is 0 Å². The lowest BCUT2D eigenvalue weighted by atomic mass is 10.2. The summed E-state index contributed by atoms with van der Waals surface area (Å²) < 4.78 is 5.38. The molecule has 2 amide bonds. The van der Waals surface area contributed by atoms with Gasteiger partial charge >= 0.3 is 0 Å². The van der Waals surface area contributed by atoms with E-state index in [4.69, 9.17) is 4.74 Å². The van der Waals surface area contributed by atoms with Gasteiger partial charge < -0.3 is 21.2 Å². The van der Waals surface area contributed by atoms with E-state index in [9.17, 15) is 14.4 Å². The third-order valence-corrected chi connectivity index (χ3v) is 2.37. The number of primary amides is 2. The van der Waals surface area contributed by atoms with Gasteiger partial charge in [-0.2, -0.15) is 0 Å². The van der Waals surface area contributed by atoms with Crippen molar-refractivity contribution in [3.63, 3.8) is 0 Å². The molecule has 5 N–H and O–H groups in total. The Balaban J connectivity index is 0.000000295. The van der Waals surface area contributed by atoms with Gasteiger partial charge in [0.2, 0.25) is 11.8 Å². The fourth-order valence-electron chi connectivity index (χ4n) is 1.43. The monoisotopic (exact) mass is 303 g/mol. The van der Waals surface area contributed by atoms with Crippen LogP contribution >= 0.6 is 0 Å². The number of rotatable bonds is 5. The lowest BCUT2D eigenvalue weighted by molar-refractivity contribution is -0.125. The Kier molecular flexibility index (Phi) is 6.91. The first-order valence-electron chi connectivity index (χ1n) is 6.40. The molecule has 0 atom stereocenters. The second kappa shape index (κ2) is 8.96. The number of carbonyl (C=O) groups excluding carboxylic acids is 2. The van der Waals surface area contributed by atoms with E-state index in [1.807, 2.05) is 30.3 Å². The average Bonchev–Trinajstić information content (AvgIpc) is 2.47. The van der Waals surface area contributed by atoms with Crippen LogP contribution < -0.4 is 21.8 Å². The molecular formula is C15H17N3O4. The van der Waals surface area contributed by atoms with Crippen molar-refractivity contribution in [3.8, 4) is 5.75 Å². The Hall–Kier alpha value is -3.09. The van der Waals surface area contributed by atoms with Gasteiger partial charge in [0, 0.05) is 6.20 Å². The predicted octanol–water partition coefficient (Wildman–Crippen LogP) is 0.301. The summed E-state index contributed by atoms with van der Waals surface area (Å²) in [6, 6.07) is 13.1. The molecule has 1 heterocycles. The summed E-state index contributed by atoms with van der Waals surface area (Å²) in [6.07, 6.45) is 1.22. The summed E-state index contributed by atoms with van der Waals surface area (Å²) in [7, 11) is 0. The van der Waals surface area contributed by atoms with Crippen molar-refractivity contribution in [2.24, 2.45) is 11.5 Å². The molecule has 22 heavy (non-hydrogen) atoms. The van der Waals surface area contributed by atoms with E-state index in [-0.39, 0.29) is 12.0 Å². The van der Waals surface area contributed by atoms with Crippen LogP contribution in [-0.2, 0) is 16.2 Å². The summed E-state index contributed by atoms with van der Waals surface area (Å²) in [5.74, 6) is -1.03. The summed E-state index contributed by atoms with van der Waals surface area (Å²) >= 11 is 0. The second-order valence-electron chi connectivity index (χ2n) is 4.25. The molecule has 0 aliphatic heterocycles. The maximum Gasteiger partial charge on any atom is 0.290 e. The SMILES string of the molecule is NC(=O)CC(N)=O.O=c1[nH]cccc1OCc1ccccc1. The lowest BCUT2D eigenvalue weighted by Gasteiger charge is -2.04. The predicted molar refractivity (Wildman–Crippen MR) is 80.8 cm³/mol. The topological polar surface area (TPSA) is 128 Å². The van der Waals surface area contributed by atoms with Crippen LogP contribution in [0.15, 0.2) is 53.5 Å². The molecule has 0 aliphatic rings. The number of hydrogen-bond donors (Lipinski definition) is 3. The molecule has 0 unspecified atom stereocenters. The van der Waals surface area contributed by atoms with Gasteiger partial charge in [0.25, 0.3) is 5.56 Å². The van der Waals surface area contributed by atoms with Gasteiger partial charge in [-0.05, 0) is 17.7 Å². The largest absolute Gasteiger partial charge is 0.483 e. The Morgan fingerprint density at radius 2 is 1.64 bits per heavy atom. The first-order chi connectivity index (χ1) is 10.5. The number of ether oxygens (including phenoxy) is 1. The zero-order chi connectivity index (χ0) is 16.4. The van der Waals surface area contributed by atoms with Crippen LogP contribution in [0.5, 0.6) is 5.75 Å². The third-order valence-electron chi connectivity index (χ3n) is 2.37. The molecule has 2 rings (SSSR count). The van der Waals surface area contributed by atoms with Crippen LogP contribution in [-0.4, -0.2) is 16.8 Å². The fraction of sp³-hybridized carbons (Fsp3) is 0.133. The standard InChI is InChI=1S/C12H11NO2.C3H6N2O2/c14-12-11(7-4-8-13-12)15-9-10-5-2-1-3-6-10;4-2(6)1-3(5)7/h1-8H,9H2,(H,13,14);1H2,(H2,4,6)(H2,5,7). The molecule has 0 bridgehead atoms. The quantitative estimate of drug-likeness (QED) is 0.686. The molecular weight excluding hydrogens is 286 g/mol. The smallest absolute Gasteiger partial charge is 0.290 e. The zero-order valence-electron chi connectivity index (χ0n) is 11.8. The van der Waals surface area contributed by atoms with E-state index >= 15 is 0 Å². The molecule has 1 aromatic heterocycles. The molecule has 0 fully saturated rings.